The van der Waals surface area contributed by atoms with E-state index in [0.29, 0.717) is 19.6 Å². The van der Waals surface area contributed by atoms with Crippen molar-refractivity contribution in [3.63, 3.8) is 0 Å². The van der Waals surface area contributed by atoms with Crippen molar-refractivity contribution in [1.29, 1.82) is 0 Å². The number of carbonyl (C=O) groups excluding carboxylic acids is 2. The molecule has 1 fully saturated rings. The zero-order valence-electron chi connectivity index (χ0n) is 5.83. The number of piperazine rings is 1. The Kier molecular flexibility index (Phi) is 1.89. The summed E-state index contributed by atoms with van der Waals surface area (Å²) in [6.07, 6.45) is 0. The van der Waals surface area contributed by atoms with Crippen molar-refractivity contribution in [3.05, 3.63) is 0 Å². The third-order valence-electron chi connectivity index (χ3n) is 1.48. The minimum absolute atomic E-state index is 0.457. The third-order valence-corrected chi connectivity index (χ3v) is 1.48. The van der Waals surface area contributed by atoms with Gasteiger partial charge in [-0.25, -0.2) is 5.32 Å². The van der Waals surface area contributed by atoms with Crippen LogP contribution in [0.25, 0.3) is 0 Å². The smallest absolute Gasteiger partial charge is 0.330 e. The Balaban J connectivity index is 2.60. The maximum atomic E-state index is 10.8. The molecule has 0 spiro atoms. The Morgan fingerprint density at radius 1 is 1.60 bits per heavy atom. The molecule has 1 heterocycles. The number of hydrogen-bond donors (Lipinski definition) is 0. The lowest BCUT2D eigenvalue weighted by molar-refractivity contribution is -0.148. The molecule has 1 rings (SSSR count). The second kappa shape index (κ2) is 2.68. The Morgan fingerprint density at radius 3 is 2.80 bits per heavy atom. The van der Waals surface area contributed by atoms with Crippen molar-refractivity contribution in [1.82, 2.24) is 10.2 Å². The normalized spacial score (nSPS) is 19.1. The van der Waals surface area contributed by atoms with Crippen LogP contribution in [0.5, 0.6) is 0 Å². The zero-order chi connectivity index (χ0) is 7.56. The predicted molar refractivity (Wildman–Crippen MR) is 34.3 cm³/mol. The summed E-state index contributed by atoms with van der Waals surface area (Å²) in [5.41, 5.74) is 0. The number of nitrogens with zero attached hydrogens (tertiary/aromatic N) is 2. The maximum Gasteiger partial charge on any atom is 0.330 e. The van der Waals surface area contributed by atoms with Crippen LogP contribution < -0.4 is 5.32 Å². The maximum absolute atomic E-state index is 10.8. The summed E-state index contributed by atoms with van der Waals surface area (Å²) in [4.78, 5) is 22.9. The first-order chi connectivity index (χ1) is 4.75. The van der Waals surface area contributed by atoms with Crippen LogP contribution in [0.3, 0.4) is 0 Å². The van der Waals surface area contributed by atoms with Crippen LogP contribution in [0, 0.1) is 0 Å². The first kappa shape index (κ1) is 7.05. The minimum Gasteiger partial charge on any atom is -0.333 e. The molecule has 0 bridgehead atoms. The van der Waals surface area contributed by atoms with Gasteiger partial charge in [0.05, 0.1) is 6.54 Å². The molecule has 55 valence electrons. The number of rotatable bonds is 1. The van der Waals surface area contributed by atoms with Crippen molar-refractivity contribution in [2.45, 2.75) is 6.92 Å². The summed E-state index contributed by atoms with van der Waals surface area (Å²) in [6, 6.07) is 0. The first-order valence-electron chi connectivity index (χ1n) is 3.26. The molecule has 2 amide bonds. The second-order valence-corrected chi connectivity index (χ2v) is 2.07. The molecule has 0 saturated carbocycles. The van der Waals surface area contributed by atoms with Gasteiger partial charge in [-0.2, -0.15) is 0 Å². The van der Waals surface area contributed by atoms with Gasteiger partial charge in [-0.3, -0.25) is 9.59 Å². The van der Waals surface area contributed by atoms with E-state index in [1.807, 2.05) is 6.92 Å². The molecule has 0 aromatic carbocycles. The SMILES string of the molecule is CCN1CC[N]C(=O)C1=O. The van der Waals surface area contributed by atoms with Crippen LogP contribution in [-0.4, -0.2) is 36.3 Å². The van der Waals surface area contributed by atoms with Crippen molar-refractivity contribution in [2.24, 2.45) is 0 Å². The predicted octanol–water partition coefficient (Wildman–Crippen LogP) is -1.02. The fourth-order valence-electron chi connectivity index (χ4n) is 0.878. The summed E-state index contributed by atoms with van der Waals surface area (Å²) < 4.78 is 0. The Morgan fingerprint density at radius 2 is 2.30 bits per heavy atom. The highest BCUT2D eigenvalue weighted by molar-refractivity contribution is 6.35. The van der Waals surface area contributed by atoms with Gasteiger partial charge in [-0.15, -0.1) is 0 Å². The van der Waals surface area contributed by atoms with Gasteiger partial charge in [-0.1, -0.05) is 0 Å². The molecule has 1 aliphatic rings. The molecule has 10 heavy (non-hydrogen) atoms. The van der Waals surface area contributed by atoms with E-state index >= 15 is 0 Å². The number of hydrogen-bond acceptors (Lipinski definition) is 2. The quantitative estimate of drug-likeness (QED) is 0.439. The molecule has 4 nitrogen and oxygen atoms in total. The fourth-order valence-corrected chi connectivity index (χ4v) is 0.878. The van der Waals surface area contributed by atoms with E-state index in [0.717, 1.165) is 0 Å². The van der Waals surface area contributed by atoms with E-state index in [9.17, 15) is 9.59 Å². The number of likely N-dealkylation sites (N-methyl/N-ethyl adjacent to an activating group) is 1. The topological polar surface area (TPSA) is 51.5 Å². The molecule has 1 radical (unpaired) electrons. The highest BCUT2D eigenvalue weighted by atomic mass is 16.2. The monoisotopic (exact) mass is 141 g/mol. The van der Waals surface area contributed by atoms with Crippen LogP contribution in [-0.2, 0) is 9.59 Å². The van der Waals surface area contributed by atoms with Gasteiger partial charge in [0, 0.05) is 13.1 Å². The molecule has 0 aliphatic carbocycles. The van der Waals surface area contributed by atoms with Crippen LogP contribution >= 0.6 is 0 Å². The van der Waals surface area contributed by atoms with E-state index in [1.54, 1.807) is 0 Å². The molecule has 0 unspecified atom stereocenters. The summed E-state index contributed by atoms with van der Waals surface area (Å²) >= 11 is 0. The Bertz CT molecular complexity index is 167. The van der Waals surface area contributed by atoms with Gasteiger partial charge in [0.25, 0.3) is 0 Å². The van der Waals surface area contributed by atoms with Gasteiger partial charge in [0.2, 0.25) is 0 Å². The van der Waals surface area contributed by atoms with Crippen LogP contribution in [0.1, 0.15) is 6.92 Å². The number of carbonyl (C=O) groups is 2. The third kappa shape index (κ3) is 1.10. The summed E-state index contributed by atoms with van der Waals surface area (Å²) in [5, 5.41) is 3.48. The van der Waals surface area contributed by atoms with Crippen molar-refractivity contribution in [2.75, 3.05) is 19.6 Å². The highest BCUT2D eigenvalue weighted by Crippen LogP contribution is 1.94. The van der Waals surface area contributed by atoms with Gasteiger partial charge >= 0.3 is 11.8 Å². The molecule has 0 aromatic rings. The Labute approximate surface area is 59.2 Å². The van der Waals surface area contributed by atoms with Gasteiger partial charge < -0.3 is 4.90 Å². The van der Waals surface area contributed by atoms with Crippen LogP contribution in [0.2, 0.25) is 0 Å². The lowest BCUT2D eigenvalue weighted by Gasteiger charge is -2.23. The standard InChI is InChI=1S/C6H9N2O2/c1-2-8-4-3-7-5(9)6(8)10/h2-4H2,1H3. The average molecular weight is 141 g/mol. The largest absolute Gasteiger partial charge is 0.333 e. The van der Waals surface area contributed by atoms with E-state index in [4.69, 9.17) is 0 Å². The van der Waals surface area contributed by atoms with E-state index < -0.39 is 11.8 Å². The van der Waals surface area contributed by atoms with Crippen LogP contribution in [0.15, 0.2) is 0 Å². The molecule has 1 aliphatic heterocycles. The van der Waals surface area contributed by atoms with Crippen molar-refractivity contribution < 1.29 is 9.59 Å². The lowest BCUT2D eigenvalue weighted by atomic mass is 10.3. The zero-order valence-corrected chi connectivity index (χ0v) is 5.83. The average Bonchev–Trinajstić information content (AvgIpc) is 1.95. The minimum atomic E-state index is -0.604. The fraction of sp³-hybridized carbons (Fsp3) is 0.667. The molecule has 1 saturated heterocycles. The molecule has 4 heteroatoms. The number of amides is 2. The molecule has 0 atom stereocenters. The lowest BCUT2D eigenvalue weighted by Crippen LogP contribution is -2.48. The highest BCUT2D eigenvalue weighted by Gasteiger charge is 2.25. The van der Waals surface area contributed by atoms with Gasteiger partial charge in [0.15, 0.2) is 0 Å². The van der Waals surface area contributed by atoms with E-state index in [2.05, 4.69) is 5.32 Å². The molecule has 0 aromatic heterocycles. The molecular weight excluding hydrogens is 132 g/mol. The van der Waals surface area contributed by atoms with E-state index in [1.165, 1.54) is 4.90 Å². The van der Waals surface area contributed by atoms with Crippen LogP contribution in [0.4, 0.5) is 0 Å². The van der Waals surface area contributed by atoms with Gasteiger partial charge in [-0.05, 0) is 6.92 Å². The summed E-state index contributed by atoms with van der Waals surface area (Å²) in [5.74, 6) is -1.07. The molecular formula is C6H9N2O2. The van der Waals surface area contributed by atoms with Crippen molar-refractivity contribution in [3.8, 4) is 0 Å². The van der Waals surface area contributed by atoms with Crippen molar-refractivity contribution >= 4 is 11.8 Å². The first-order valence-corrected chi connectivity index (χ1v) is 3.26. The Hall–Kier alpha value is -1.06. The summed E-state index contributed by atoms with van der Waals surface area (Å²) in [6.45, 7) is 3.48. The van der Waals surface area contributed by atoms with Gasteiger partial charge in [0.1, 0.15) is 0 Å². The molecule has 0 N–H and O–H groups in total. The van der Waals surface area contributed by atoms with E-state index in [-0.39, 0.29) is 0 Å². The summed E-state index contributed by atoms with van der Waals surface area (Å²) in [7, 11) is 0. The second-order valence-electron chi connectivity index (χ2n) is 2.07.